The summed E-state index contributed by atoms with van der Waals surface area (Å²) < 4.78 is 1.44. The van der Waals surface area contributed by atoms with E-state index in [4.69, 9.17) is 0 Å². The summed E-state index contributed by atoms with van der Waals surface area (Å²) in [6.07, 6.45) is 4.89. The number of carbonyl (C=O) groups excluding carboxylic acids is 1. The van der Waals surface area contributed by atoms with Crippen molar-refractivity contribution in [1.82, 2.24) is 19.6 Å². The molecule has 1 aliphatic rings. The van der Waals surface area contributed by atoms with Gasteiger partial charge in [-0.05, 0) is 44.0 Å². The van der Waals surface area contributed by atoms with Crippen LogP contribution < -0.4 is 10.9 Å². The third kappa shape index (κ3) is 3.44. The van der Waals surface area contributed by atoms with Crippen LogP contribution in [0.2, 0.25) is 0 Å². The molecule has 1 amide bonds. The average Bonchev–Trinajstić information content (AvgIpc) is 3.06. The van der Waals surface area contributed by atoms with Gasteiger partial charge in [0.05, 0.1) is 0 Å². The van der Waals surface area contributed by atoms with Crippen molar-refractivity contribution < 1.29 is 4.79 Å². The van der Waals surface area contributed by atoms with Gasteiger partial charge < -0.3 is 10.2 Å². The topological polar surface area (TPSA) is 66.7 Å². The van der Waals surface area contributed by atoms with Crippen molar-refractivity contribution in [3.05, 3.63) is 46.0 Å². The van der Waals surface area contributed by atoms with Crippen LogP contribution in [0.5, 0.6) is 0 Å². The molecule has 1 fully saturated rings. The van der Waals surface area contributed by atoms with E-state index in [9.17, 15) is 9.59 Å². The molecule has 0 saturated carbocycles. The van der Waals surface area contributed by atoms with E-state index in [-0.39, 0.29) is 35.5 Å². The highest BCUT2D eigenvalue weighted by atomic mass is 35.5. The van der Waals surface area contributed by atoms with Crippen LogP contribution >= 0.6 is 12.4 Å². The number of aromatic nitrogens is 2. The number of nitrogens with zero attached hydrogens (tertiary/aromatic N) is 3. The lowest BCUT2D eigenvalue weighted by Gasteiger charge is -2.28. The van der Waals surface area contributed by atoms with E-state index in [1.54, 1.807) is 6.20 Å². The Balaban J connectivity index is 0.00000208. The van der Waals surface area contributed by atoms with Crippen molar-refractivity contribution in [3.63, 3.8) is 0 Å². The SMILES string of the molecule is CCCN(C(=O)c1cnc2cc(C)ccn2c1=O)C1CCNC1.Cl. The van der Waals surface area contributed by atoms with E-state index in [2.05, 4.69) is 10.3 Å². The van der Waals surface area contributed by atoms with Crippen LogP contribution in [0.15, 0.2) is 29.3 Å². The standard InChI is InChI=1S/C17H22N4O2.ClH/c1-3-7-20(13-4-6-18-10-13)16(22)14-11-19-15-9-12(2)5-8-21(15)17(14)23;/h5,8-9,11,13,18H,3-4,6-7,10H2,1-2H3;1H. The number of fused-ring (bicyclic) bond motifs is 1. The maximum absolute atomic E-state index is 12.9. The third-order valence-corrected chi connectivity index (χ3v) is 4.30. The number of hydrogen-bond donors (Lipinski definition) is 1. The van der Waals surface area contributed by atoms with Gasteiger partial charge in [0.1, 0.15) is 11.2 Å². The molecule has 0 spiro atoms. The van der Waals surface area contributed by atoms with Gasteiger partial charge in [-0.2, -0.15) is 0 Å². The Labute approximate surface area is 147 Å². The van der Waals surface area contributed by atoms with Crippen molar-refractivity contribution in [1.29, 1.82) is 0 Å². The normalized spacial score (nSPS) is 16.8. The van der Waals surface area contributed by atoms with Gasteiger partial charge in [0.15, 0.2) is 0 Å². The van der Waals surface area contributed by atoms with Crippen LogP contribution in [-0.2, 0) is 0 Å². The quantitative estimate of drug-likeness (QED) is 0.910. The highest BCUT2D eigenvalue weighted by molar-refractivity contribution is 5.94. The fourth-order valence-electron chi connectivity index (χ4n) is 3.07. The first kappa shape index (κ1) is 18.4. The molecular weight excluding hydrogens is 328 g/mol. The summed E-state index contributed by atoms with van der Waals surface area (Å²) in [5.41, 5.74) is 1.44. The molecule has 0 aromatic carbocycles. The van der Waals surface area contributed by atoms with Gasteiger partial charge in [-0.15, -0.1) is 12.4 Å². The highest BCUT2D eigenvalue weighted by Gasteiger charge is 2.28. The number of nitrogens with one attached hydrogen (secondary N) is 1. The van der Waals surface area contributed by atoms with Crippen LogP contribution in [0.3, 0.4) is 0 Å². The molecule has 0 bridgehead atoms. The second-order valence-electron chi connectivity index (χ2n) is 6.05. The zero-order valence-electron chi connectivity index (χ0n) is 14.0. The van der Waals surface area contributed by atoms with Crippen molar-refractivity contribution in [3.8, 4) is 0 Å². The summed E-state index contributed by atoms with van der Waals surface area (Å²) in [6.45, 7) is 6.33. The van der Waals surface area contributed by atoms with Gasteiger partial charge in [0.25, 0.3) is 11.5 Å². The minimum atomic E-state index is -0.299. The van der Waals surface area contributed by atoms with Crippen LogP contribution in [0.4, 0.5) is 0 Å². The number of amides is 1. The molecule has 6 nitrogen and oxygen atoms in total. The third-order valence-electron chi connectivity index (χ3n) is 4.30. The summed E-state index contributed by atoms with van der Waals surface area (Å²) >= 11 is 0. The first-order valence-corrected chi connectivity index (χ1v) is 8.11. The first-order valence-electron chi connectivity index (χ1n) is 8.11. The molecule has 24 heavy (non-hydrogen) atoms. The van der Waals surface area contributed by atoms with Gasteiger partial charge in [0, 0.05) is 31.5 Å². The fourth-order valence-corrected chi connectivity index (χ4v) is 3.07. The number of pyridine rings is 1. The minimum absolute atomic E-state index is 0. The number of carbonyl (C=O) groups is 1. The molecule has 0 aliphatic carbocycles. The summed E-state index contributed by atoms with van der Waals surface area (Å²) in [7, 11) is 0. The Hall–Kier alpha value is -1.92. The lowest BCUT2D eigenvalue weighted by Crippen LogP contribution is -2.44. The number of rotatable bonds is 4. The molecule has 1 atom stereocenters. The van der Waals surface area contributed by atoms with Gasteiger partial charge >= 0.3 is 0 Å². The zero-order chi connectivity index (χ0) is 16.4. The maximum atomic E-state index is 12.9. The molecule has 0 radical (unpaired) electrons. The lowest BCUT2D eigenvalue weighted by atomic mass is 10.1. The van der Waals surface area contributed by atoms with Crippen molar-refractivity contribution in [2.75, 3.05) is 19.6 Å². The number of halogens is 1. The summed E-state index contributed by atoms with van der Waals surface area (Å²) in [5.74, 6) is -0.215. The maximum Gasteiger partial charge on any atom is 0.270 e. The minimum Gasteiger partial charge on any atom is -0.334 e. The molecule has 130 valence electrons. The molecule has 3 heterocycles. The Kier molecular flexibility index (Phi) is 5.96. The molecular formula is C17H23ClN4O2. The van der Waals surface area contributed by atoms with Crippen LogP contribution in [0.25, 0.3) is 5.65 Å². The van der Waals surface area contributed by atoms with Gasteiger partial charge in [-0.3, -0.25) is 14.0 Å². The van der Waals surface area contributed by atoms with Crippen molar-refractivity contribution in [2.45, 2.75) is 32.7 Å². The van der Waals surface area contributed by atoms with Crippen LogP contribution in [0.1, 0.15) is 35.7 Å². The lowest BCUT2D eigenvalue weighted by molar-refractivity contribution is 0.0690. The Morgan fingerprint density at radius 1 is 1.50 bits per heavy atom. The van der Waals surface area contributed by atoms with Gasteiger partial charge in [-0.25, -0.2) is 4.98 Å². The molecule has 2 aromatic rings. The van der Waals surface area contributed by atoms with Crippen LogP contribution in [-0.4, -0.2) is 45.9 Å². The van der Waals surface area contributed by atoms with E-state index >= 15 is 0 Å². The zero-order valence-corrected chi connectivity index (χ0v) is 14.8. The molecule has 1 aliphatic heterocycles. The van der Waals surface area contributed by atoms with Gasteiger partial charge in [0.2, 0.25) is 0 Å². The molecule has 7 heteroatoms. The first-order chi connectivity index (χ1) is 11.1. The highest BCUT2D eigenvalue weighted by Crippen LogP contribution is 2.13. The van der Waals surface area contributed by atoms with Gasteiger partial charge in [-0.1, -0.05) is 6.92 Å². The monoisotopic (exact) mass is 350 g/mol. The van der Waals surface area contributed by atoms with Crippen LogP contribution in [0, 0.1) is 6.92 Å². The Morgan fingerprint density at radius 3 is 2.96 bits per heavy atom. The van der Waals surface area contributed by atoms with E-state index < -0.39 is 0 Å². The van der Waals surface area contributed by atoms with Crippen molar-refractivity contribution >= 4 is 24.0 Å². The average molecular weight is 351 g/mol. The predicted molar refractivity (Wildman–Crippen MR) is 96.0 cm³/mol. The molecule has 3 rings (SSSR count). The predicted octanol–water partition coefficient (Wildman–Crippen LogP) is 1.64. The molecule has 2 aromatic heterocycles. The fraction of sp³-hybridized carbons (Fsp3) is 0.471. The van der Waals surface area contributed by atoms with Crippen molar-refractivity contribution in [2.24, 2.45) is 0 Å². The largest absolute Gasteiger partial charge is 0.334 e. The molecule has 1 N–H and O–H groups in total. The van der Waals surface area contributed by atoms with E-state index in [1.807, 2.05) is 30.9 Å². The molecule has 1 unspecified atom stereocenters. The number of hydrogen-bond acceptors (Lipinski definition) is 4. The number of aryl methyl sites for hydroxylation is 1. The summed E-state index contributed by atoms with van der Waals surface area (Å²) in [5, 5.41) is 3.28. The summed E-state index contributed by atoms with van der Waals surface area (Å²) in [6, 6.07) is 3.83. The smallest absolute Gasteiger partial charge is 0.270 e. The second-order valence-corrected chi connectivity index (χ2v) is 6.05. The summed E-state index contributed by atoms with van der Waals surface area (Å²) in [4.78, 5) is 31.7. The van der Waals surface area contributed by atoms with E-state index in [0.717, 1.165) is 31.5 Å². The Morgan fingerprint density at radius 2 is 2.29 bits per heavy atom. The van der Waals surface area contributed by atoms with E-state index in [0.29, 0.717) is 12.2 Å². The second kappa shape index (κ2) is 7.77. The molecule has 1 saturated heterocycles. The Bertz CT molecular complexity index is 784. The van der Waals surface area contributed by atoms with E-state index in [1.165, 1.54) is 10.6 Å².